The Hall–Kier alpha value is -1.94. The molecule has 0 fully saturated rings. The zero-order chi connectivity index (χ0) is 16.5. The average molecular weight is 436 g/mol. The highest BCUT2D eigenvalue weighted by molar-refractivity contribution is 9.11. The van der Waals surface area contributed by atoms with Gasteiger partial charge in [0.15, 0.2) is 0 Å². The van der Waals surface area contributed by atoms with E-state index in [1.54, 1.807) is 6.20 Å². The molecule has 0 atom stereocenters. The van der Waals surface area contributed by atoms with Crippen molar-refractivity contribution in [1.82, 2.24) is 19.9 Å². The molecular formula is C12H12Br2N4O4. The third-order valence-electron chi connectivity index (χ3n) is 2.16. The first-order chi connectivity index (χ1) is 10.5. The minimum Gasteiger partial charge on any atom is -0.480 e. The van der Waals surface area contributed by atoms with Crippen LogP contribution >= 0.6 is 31.9 Å². The van der Waals surface area contributed by atoms with Gasteiger partial charge in [0.05, 0.1) is 30.5 Å². The number of nitrogens with zero attached hydrogens (tertiary/aromatic N) is 2. The summed E-state index contributed by atoms with van der Waals surface area (Å²) in [6.07, 6.45) is 4.46. The van der Waals surface area contributed by atoms with Crippen molar-refractivity contribution in [3.63, 3.8) is 0 Å². The fraction of sp³-hybridized carbons (Fsp3) is 0.167. The zero-order valence-electron chi connectivity index (χ0n) is 11.6. The van der Waals surface area contributed by atoms with E-state index in [0.29, 0.717) is 21.9 Å². The Morgan fingerprint density at radius 1 is 1.27 bits per heavy atom. The van der Waals surface area contributed by atoms with Gasteiger partial charge in [0, 0.05) is 6.20 Å². The molecule has 2 aromatic rings. The molecule has 2 N–H and O–H groups in total. The molecule has 0 aliphatic rings. The Kier molecular flexibility index (Phi) is 7.54. The van der Waals surface area contributed by atoms with Crippen molar-refractivity contribution in [2.75, 3.05) is 14.2 Å². The highest BCUT2D eigenvalue weighted by Gasteiger charge is 2.03. The summed E-state index contributed by atoms with van der Waals surface area (Å²) >= 11 is 6.23. The molecule has 0 saturated heterocycles. The molecule has 0 spiro atoms. The number of aromatic amines is 2. The summed E-state index contributed by atoms with van der Waals surface area (Å²) in [5.41, 5.74) is -0.493. The number of rotatable bonds is 3. The van der Waals surface area contributed by atoms with Crippen LogP contribution in [0.2, 0.25) is 0 Å². The number of ether oxygens (including phenoxy) is 2. The fourth-order valence-electron chi connectivity index (χ4n) is 1.19. The molecule has 0 saturated carbocycles. The molecule has 0 aromatic carbocycles. The van der Waals surface area contributed by atoms with Crippen molar-refractivity contribution in [2.24, 2.45) is 0 Å². The van der Waals surface area contributed by atoms with Crippen LogP contribution < -0.4 is 20.7 Å². The van der Waals surface area contributed by atoms with Crippen LogP contribution in [0.15, 0.2) is 31.4 Å². The molecule has 0 amide bonds. The van der Waals surface area contributed by atoms with Crippen molar-refractivity contribution in [1.29, 1.82) is 0 Å². The Bertz CT molecular complexity index is 757. The number of H-pyrrole nitrogens is 2. The van der Waals surface area contributed by atoms with Gasteiger partial charge in [-0.25, -0.2) is 9.78 Å². The maximum Gasteiger partial charge on any atom is 0.325 e. The van der Waals surface area contributed by atoms with Crippen LogP contribution in [0.1, 0.15) is 5.56 Å². The lowest BCUT2D eigenvalue weighted by Gasteiger charge is -2.02. The molecule has 118 valence electrons. The lowest BCUT2D eigenvalue weighted by atomic mass is 10.3. The van der Waals surface area contributed by atoms with Gasteiger partial charge in [0.25, 0.3) is 5.56 Å². The third kappa shape index (κ3) is 5.45. The summed E-state index contributed by atoms with van der Waals surface area (Å²) in [5.74, 6) is 0.469. The van der Waals surface area contributed by atoms with Crippen molar-refractivity contribution in [3.05, 3.63) is 48.3 Å². The Balaban J connectivity index is 0.000000220. The first-order valence-electron chi connectivity index (χ1n) is 5.71. The van der Waals surface area contributed by atoms with Crippen molar-refractivity contribution < 1.29 is 9.47 Å². The van der Waals surface area contributed by atoms with Gasteiger partial charge in [0.2, 0.25) is 5.88 Å². The van der Waals surface area contributed by atoms with E-state index in [1.165, 1.54) is 31.5 Å². The molecule has 0 aliphatic carbocycles. The van der Waals surface area contributed by atoms with E-state index in [9.17, 15) is 9.59 Å². The summed E-state index contributed by atoms with van der Waals surface area (Å²) in [5, 5.41) is 0. The normalized spacial score (nSPS) is 10.0. The SMILES string of the molecule is COc1ncc(Br)c(OC)n1.O=c1[nH]cc(C=CBr)c(=O)[nH]1. The highest BCUT2D eigenvalue weighted by atomic mass is 79.9. The Labute approximate surface area is 141 Å². The van der Waals surface area contributed by atoms with Crippen LogP contribution in [0.4, 0.5) is 0 Å². The van der Waals surface area contributed by atoms with E-state index >= 15 is 0 Å². The fourth-order valence-corrected chi connectivity index (χ4v) is 1.83. The Morgan fingerprint density at radius 2 is 2.00 bits per heavy atom. The minimum absolute atomic E-state index is 0.296. The van der Waals surface area contributed by atoms with E-state index in [-0.39, 0.29) is 0 Å². The molecule has 10 heteroatoms. The van der Waals surface area contributed by atoms with Gasteiger partial charge in [0.1, 0.15) is 0 Å². The van der Waals surface area contributed by atoms with Gasteiger partial charge < -0.3 is 14.5 Å². The third-order valence-corrected chi connectivity index (χ3v) is 2.96. The highest BCUT2D eigenvalue weighted by Crippen LogP contribution is 2.22. The molecule has 2 rings (SSSR count). The predicted molar refractivity (Wildman–Crippen MR) is 88.5 cm³/mol. The van der Waals surface area contributed by atoms with Gasteiger partial charge in [-0.05, 0) is 27.0 Å². The first kappa shape index (κ1) is 18.1. The van der Waals surface area contributed by atoms with Crippen molar-refractivity contribution in [2.45, 2.75) is 0 Å². The quantitative estimate of drug-likeness (QED) is 0.758. The number of halogens is 2. The number of methoxy groups -OCH3 is 2. The standard InChI is InChI=1S/C6H7BrN2O2.C6H5BrN2O2/c1-10-5-4(7)3-8-6(9-5)11-2;7-2-1-4-3-8-6(11)9-5(4)10/h3H,1-2H3;1-3H,(H2,8,9,10,11). The van der Waals surface area contributed by atoms with Crippen LogP contribution in [0.25, 0.3) is 6.08 Å². The number of hydrogen-bond acceptors (Lipinski definition) is 6. The molecule has 0 radical (unpaired) electrons. The molecule has 2 aromatic heterocycles. The average Bonchev–Trinajstić information content (AvgIpc) is 2.51. The monoisotopic (exact) mass is 434 g/mol. The molecule has 0 unspecified atom stereocenters. The number of aromatic nitrogens is 4. The molecular weight excluding hydrogens is 424 g/mol. The maximum absolute atomic E-state index is 10.9. The maximum atomic E-state index is 10.9. The molecule has 22 heavy (non-hydrogen) atoms. The lowest BCUT2D eigenvalue weighted by molar-refractivity contribution is 0.350. The topological polar surface area (TPSA) is 110 Å². The lowest BCUT2D eigenvalue weighted by Crippen LogP contribution is -2.22. The summed E-state index contributed by atoms with van der Waals surface area (Å²) in [6.45, 7) is 0. The molecule has 0 bridgehead atoms. The van der Waals surface area contributed by atoms with E-state index in [2.05, 4.69) is 51.8 Å². The largest absolute Gasteiger partial charge is 0.480 e. The molecule has 8 nitrogen and oxygen atoms in total. The van der Waals surface area contributed by atoms with Gasteiger partial charge in [-0.2, -0.15) is 4.98 Å². The Morgan fingerprint density at radius 3 is 2.55 bits per heavy atom. The van der Waals surface area contributed by atoms with Gasteiger partial charge >= 0.3 is 11.7 Å². The summed E-state index contributed by atoms with van der Waals surface area (Å²) in [4.78, 5) is 35.1. The molecule has 0 aliphatic heterocycles. The van der Waals surface area contributed by atoms with Crippen LogP contribution in [0.3, 0.4) is 0 Å². The number of hydrogen-bond donors (Lipinski definition) is 2. The van der Waals surface area contributed by atoms with E-state index in [1.807, 2.05) is 0 Å². The first-order valence-corrected chi connectivity index (χ1v) is 7.42. The molecule has 2 heterocycles. The van der Waals surface area contributed by atoms with Crippen molar-refractivity contribution in [3.8, 4) is 11.9 Å². The van der Waals surface area contributed by atoms with Gasteiger partial charge in [-0.1, -0.05) is 15.9 Å². The summed E-state index contributed by atoms with van der Waals surface area (Å²) in [6, 6.07) is 0.296. The van der Waals surface area contributed by atoms with Gasteiger partial charge in [-0.3, -0.25) is 9.78 Å². The zero-order valence-corrected chi connectivity index (χ0v) is 14.8. The second-order valence-corrected chi connectivity index (χ2v) is 4.92. The van der Waals surface area contributed by atoms with Crippen molar-refractivity contribution >= 4 is 37.9 Å². The number of nitrogens with one attached hydrogen (secondary N) is 2. The van der Waals surface area contributed by atoms with Crippen LogP contribution in [0.5, 0.6) is 11.9 Å². The van der Waals surface area contributed by atoms with Crippen LogP contribution in [0, 0.1) is 0 Å². The van der Waals surface area contributed by atoms with E-state index < -0.39 is 11.2 Å². The minimum atomic E-state index is -0.498. The van der Waals surface area contributed by atoms with Crippen LogP contribution in [-0.4, -0.2) is 34.2 Å². The second-order valence-electron chi connectivity index (χ2n) is 3.53. The summed E-state index contributed by atoms with van der Waals surface area (Å²) < 4.78 is 10.4. The summed E-state index contributed by atoms with van der Waals surface area (Å²) in [7, 11) is 3.04. The van der Waals surface area contributed by atoms with E-state index in [4.69, 9.17) is 9.47 Å². The predicted octanol–water partition coefficient (Wildman–Crippen LogP) is 1.69. The van der Waals surface area contributed by atoms with E-state index in [0.717, 1.165) is 0 Å². The smallest absolute Gasteiger partial charge is 0.325 e. The second kappa shape index (κ2) is 9.15. The van der Waals surface area contributed by atoms with Gasteiger partial charge in [-0.15, -0.1) is 0 Å². The van der Waals surface area contributed by atoms with Crippen LogP contribution in [-0.2, 0) is 0 Å².